The first-order chi connectivity index (χ1) is 34.6. The SMILES string of the molecule is [2H]c1c([2H])c([2H])c(-c2cccc3c2-[n+]2[c-]n(-c4[c-]c(Oc5[c-]c6c(cc5)c5ccccc5n6-c5cc(C(C)(C)C)ccn5)ccc4)c4cccc(c42)-c2ccccc2-c2ccc(C(C)(C)C)cc2-3)c([2H])c1[2H].[Pt]. The Kier molecular flexibility index (Phi) is 9.14. The Bertz CT molecular complexity index is 4040. The summed E-state index contributed by atoms with van der Waals surface area (Å²) in [6.45, 7) is 13.2. The second kappa shape index (κ2) is 16.5. The number of rotatable bonds is 5. The summed E-state index contributed by atoms with van der Waals surface area (Å²) >= 11 is 0. The fourth-order valence-corrected chi connectivity index (χ4v) is 9.65. The van der Waals surface area contributed by atoms with E-state index in [0.717, 1.165) is 77.6 Å². The third-order valence-corrected chi connectivity index (χ3v) is 13.0. The molecule has 3 aromatic heterocycles. The van der Waals surface area contributed by atoms with E-state index in [1.54, 1.807) is 0 Å². The van der Waals surface area contributed by atoms with Crippen LogP contribution >= 0.6 is 0 Å². The van der Waals surface area contributed by atoms with Gasteiger partial charge >= 0.3 is 0 Å². The van der Waals surface area contributed by atoms with Crippen LogP contribution in [0.25, 0.3) is 94.5 Å². The van der Waals surface area contributed by atoms with Crippen LogP contribution in [0.5, 0.6) is 11.5 Å². The van der Waals surface area contributed by atoms with E-state index in [2.05, 4.69) is 156 Å². The molecule has 0 amide bonds. The van der Waals surface area contributed by atoms with Gasteiger partial charge in [-0.3, -0.25) is 4.57 Å². The van der Waals surface area contributed by atoms with Gasteiger partial charge in [-0.05, 0) is 95.7 Å². The molecular weight excluding hydrogens is 1010 g/mol. The molecule has 5 nitrogen and oxygen atoms in total. The average molecular weight is 1070 g/mol. The van der Waals surface area contributed by atoms with Crippen LogP contribution in [0.3, 0.4) is 0 Å². The molecule has 1 aliphatic rings. The van der Waals surface area contributed by atoms with Crippen molar-refractivity contribution in [2.24, 2.45) is 0 Å². The minimum absolute atomic E-state index is 0. The van der Waals surface area contributed by atoms with E-state index in [-0.39, 0.29) is 49.5 Å². The van der Waals surface area contributed by atoms with E-state index in [9.17, 15) is 2.74 Å². The molecule has 12 rings (SSSR count). The van der Waals surface area contributed by atoms with Crippen LogP contribution in [0.4, 0.5) is 0 Å². The van der Waals surface area contributed by atoms with Gasteiger partial charge in [0.15, 0.2) is 0 Å². The zero-order valence-corrected chi connectivity index (χ0v) is 40.7. The third kappa shape index (κ3) is 7.20. The van der Waals surface area contributed by atoms with Gasteiger partial charge in [-0.25, -0.2) is 4.98 Å². The molecule has 0 saturated heterocycles. The number of hydrogen-bond donors (Lipinski definition) is 0. The molecule has 68 heavy (non-hydrogen) atoms. The normalized spacial score (nSPS) is 13.2. The monoisotopic (exact) mass is 1060 g/mol. The van der Waals surface area contributed by atoms with E-state index in [0.29, 0.717) is 28.4 Å². The Hall–Kier alpha value is -7.33. The van der Waals surface area contributed by atoms with E-state index in [1.165, 1.54) is 5.56 Å². The molecule has 4 heterocycles. The second-order valence-electron chi connectivity index (χ2n) is 19.3. The number of para-hydroxylation sites is 3. The van der Waals surface area contributed by atoms with Crippen LogP contribution in [0, 0.1) is 18.5 Å². The van der Waals surface area contributed by atoms with Crippen LogP contribution in [0.1, 0.15) is 59.5 Å². The van der Waals surface area contributed by atoms with Crippen molar-refractivity contribution in [3.63, 3.8) is 0 Å². The quantitative estimate of drug-likeness (QED) is 0.127. The van der Waals surface area contributed by atoms with Crippen LogP contribution in [0.15, 0.2) is 182 Å². The first-order valence-electron chi connectivity index (χ1n) is 25.1. The summed E-state index contributed by atoms with van der Waals surface area (Å²) in [6.07, 6.45) is 5.61. The van der Waals surface area contributed by atoms with Gasteiger partial charge in [-0.1, -0.05) is 174 Å². The van der Waals surface area contributed by atoms with E-state index >= 15 is 0 Å². The summed E-state index contributed by atoms with van der Waals surface area (Å²) in [5.74, 6) is 1.77. The van der Waals surface area contributed by atoms with Crippen molar-refractivity contribution in [3.05, 3.63) is 212 Å². The van der Waals surface area contributed by atoms with Gasteiger partial charge in [0.2, 0.25) is 0 Å². The van der Waals surface area contributed by atoms with Crippen LogP contribution in [0.2, 0.25) is 0 Å². The van der Waals surface area contributed by atoms with Crippen LogP contribution in [-0.2, 0) is 31.9 Å². The number of imidazole rings is 1. The van der Waals surface area contributed by atoms with Crippen LogP contribution < -0.4 is 9.30 Å². The number of hydrogen-bond acceptors (Lipinski definition) is 2. The molecular formula is C62H48N4OPt-2. The molecule has 11 aromatic rings. The summed E-state index contributed by atoms with van der Waals surface area (Å²) in [7, 11) is 0. The Morgan fingerprint density at radius 3 is 2.01 bits per heavy atom. The first kappa shape index (κ1) is 37.7. The number of ether oxygens (including phenoxy) is 1. The zero-order valence-electron chi connectivity index (χ0n) is 43.4. The van der Waals surface area contributed by atoms with Crippen molar-refractivity contribution in [1.82, 2.24) is 14.1 Å². The van der Waals surface area contributed by atoms with Gasteiger partial charge in [-0.15, -0.1) is 29.7 Å². The molecule has 0 aliphatic carbocycles. The first-order valence-corrected chi connectivity index (χ1v) is 22.6. The summed E-state index contributed by atoms with van der Waals surface area (Å²) in [4.78, 5) is 4.85. The molecule has 0 radical (unpaired) electrons. The minimum Gasteiger partial charge on any atom is -0.510 e. The maximum Gasteiger partial charge on any atom is 0.268 e. The van der Waals surface area contributed by atoms with Gasteiger partial charge in [0.1, 0.15) is 5.82 Å². The number of aromatic nitrogens is 4. The predicted molar refractivity (Wildman–Crippen MR) is 273 cm³/mol. The molecule has 0 fully saturated rings. The molecule has 334 valence electrons. The van der Waals surface area contributed by atoms with Crippen molar-refractivity contribution < 1.29 is 37.2 Å². The average Bonchev–Trinajstić information content (AvgIpc) is 3.93. The number of nitrogens with zero attached hydrogens (tertiary/aromatic N) is 4. The zero-order chi connectivity index (χ0) is 50.0. The van der Waals surface area contributed by atoms with E-state index in [1.807, 2.05) is 69.9 Å². The molecule has 6 heteroatoms. The molecule has 1 aliphatic heterocycles. The van der Waals surface area contributed by atoms with Crippen molar-refractivity contribution in [2.45, 2.75) is 52.4 Å². The summed E-state index contributed by atoms with van der Waals surface area (Å²) in [5.41, 5.74) is 13.1. The van der Waals surface area contributed by atoms with Crippen molar-refractivity contribution in [2.75, 3.05) is 0 Å². The Labute approximate surface area is 419 Å². The summed E-state index contributed by atoms with van der Waals surface area (Å²) in [6, 6.07) is 54.7. The smallest absolute Gasteiger partial charge is 0.268 e. The molecule has 0 unspecified atom stereocenters. The molecule has 8 aromatic carbocycles. The van der Waals surface area contributed by atoms with Gasteiger partial charge in [0.05, 0.1) is 23.6 Å². The summed E-state index contributed by atoms with van der Waals surface area (Å²) < 4.78 is 57.4. The standard InChI is InChI=1S/C62H48N4O.Pt/c1-61(2,3)41-29-31-49-47-21-10-11-22-48(47)52-26-16-28-56-60(52)65(59-46(40-17-8-7-9-18-40)24-15-25-53(59)54(49)35-41)39-64(56)43-19-14-20-44(37-43)67-45-30-32-51-50-23-12-13-27-55(50)66(57(51)38-45)58-36-42(33-34-63-58)62(4,5)6;/h7-36H,1-6H3;/q-2;/i7D,8D,9D,17D,18D;. The second-order valence-corrected chi connectivity index (χ2v) is 19.3. The number of pyridine rings is 1. The summed E-state index contributed by atoms with van der Waals surface area (Å²) in [5, 5.41) is 2.12. The Morgan fingerprint density at radius 1 is 0.559 bits per heavy atom. The Morgan fingerprint density at radius 2 is 1.21 bits per heavy atom. The third-order valence-electron chi connectivity index (χ3n) is 13.0. The topological polar surface area (TPSA) is 35.9 Å². The fraction of sp³-hybridized carbons (Fsp3) is 0.129. The maximum absolute atomic E-state index is 9.28. The number of benzene rings is 8. The van der Waals surface area contributed by atoms with Gasteiger partial charge in [0, 0.05) is 44.3 Å². The Balaban J connectivity index is 0.00000574. The minimum atomic E-state index is -0.446. The van der Waals surface area contributed by atoms with Crippen molar-refractivity contribution >= 4 is 32.8 Å². The van der Waals surface area contributed by atoms with Gasteiger partial charge in [0.25, 0.3) is 6.33 Å². The predicted octanol–water partition coefficient (Wildman–Crippen LogP) is 15.2. The molecule has 0 atom stereocenters. The molecule has 0 saturated carbocycles. The molecule has 0 bridgehead atoms. The largest absolute Gasteiger partial charge is 0.510 e. The van der Waals surface area contributed by atoms with E-state index < -0.39 is 18.1 Å². The van der Waals surface area contributed by atoms with E-state index in [4.69, 9.17) is 13.8 Å². The van der Waals surface area contributed by atoms with Gasteiger partial charge in [-0.2, -0.15) is 18.2 Å². The number of fused-ring (bicyclic) bond motifs is 10. The van der Waals surface area contributed by atoms with Crippen LogP contribution in [-0.4, -0.2) is 14.1 Å². The molecule has 0 spiro atoms. The van der Waals surface area contributed by atoms with Crippen molar-refractivity contribution in [3.8, 4) is 73.2 Å². The van der Waals surface area contributed by atoms with Crippen molar-refractivity contribution in [1.29, 1.82) is 0 Å². The van der Waals surface area contributed by atoms with Gasteiger partial charge < -0.3 is 13.9 Å². The fourth-order valence-electron chi connectivity index (χ4n) is 9.65. The molecule has 0 N–H and O–H groups in total. The maximum atomic E-state index is 9.28.